The fraction of sp³-hybridized carbons (Fsp3) is 0.941. The summed E-state index contributed by atoms with van der Waals surface area (Å²) in [6, 6.07) is 0. The summed E-state index contributed by atoms with van der Waals surface area (Å²) in [4.78, 5) is 27.4. The average molecular weight is 413 g/mol. The number of likely N-dealkylation sites (N-methyl/N-ethyl adjacent to an activating group) is 1. The topological polar surface area (TPSA) is 114 Å². The van der Waals surface area contributed by atoms with E-state index in [9.17, 15) is 14.3 Å². The van der Waals surface area contributed by atoms with Crippen molar-refractivity contribution in [3.05, 3.63) is 0 Å². The van der Waals surface area contributed by atoms with Crippen LogP contribution in [0.15, 0.2) is 0 Å². The van der Waals surface area contributed by atoms with Gasteiger partial charge in [0.05, 0.1) is 27.7 Å². The van der Waals surface area contributed by atoms with Crippen molar-refractivity contribution in [3.63, 3.8) is 0 Å². The summed E-state index contributed by atoms with van der Waals surface area (Å²) in [5.41, 5.74) is 0. The number of phosphoric acid groups is 1. The van der Waals surface area contributed by atoms with Gasteiger partial charge in [0.1, 0.15) is 19.8 Å². The fourth-order valence-electron chi connectivity index (χ4n) is 2.05. The van der Waals surface area contributed by atoms with Crippen molar-refractivity contribution in [1.29, 1.82) is 0 Å². The van der Waals surface area contributed by atoms with Gasteiger partial charge in [0.15, 0.2) is 6.10 Å². The van der Waals surface area contributed by atoms with Gasteiger partial charge in [0.2, 0.25) is 0 Å². The summed E-state index contributed by atoms with van der Waals surface area (Å²) in [6.07, 6.45) is 5.48. The highest BCUT2D eigenvalue weighted by Crippen LogP contribution is 2.38. The maximum absolute atomic E-state index is 11.7. The van der Waals surface area contributed by atoms with Crippen molar-refractivity contribution in [3.8, 4) is 0 Å². The number of rotatable bonds is 17. The van der Waals surface area contributed by atoms with Gasteiger partial charge in [-0.25, -0.2) is 4.89 Å². The van der Waals surface area contributed by atoms with Gasteiger partial charge >= 0.3 is 5.97 Å². The van der Waals surface area contributed by atoms with E-state index in [0.717, 1.165) is 25.7 Å². The second-order valence-corrected chi connectivity index (χ2v) is 8.93. The van der Waals surface area contributed by atoms with Crippen LogP contribution in [-0.2, 0) is 28.0 Å². The number of carbonyl (C=O) groups is 1. The van der Waals surface area contributed by atoms with Gasteiger partial charge in [0, 0.05) is 6.42 Å². The zero-order valence-electron chi connectivity index (χ0n) is 17.1. The third-order valence-corrected chi connectivity index (χ3v) is 4.71. The Bertz CT molecular complexity index is 441. The van der Waals surface area contributed by atoms with Gasteiger partial charge in [0.25, 0.3) is 7.82 Å². The van der Waals surface area contributed by atoms with Gasteiger partial charge < -0.3 is 23.2 Å². The summed E-state index contributed by atoms with van der Waals surface area (Å²) in [5.74, 6) is -0.419. The first-order valence-electron chi connectivity index (χ1n) is 9.46. The number of unbranched alkanes of at least 4 members (excludes halogenated alkanes) is 5. The van der Waals surface area contributed by atoms with Crippen LogP contribution in [0.5, 0.6) is 0 Å². The largest absolute Gasteiger partial charge is 0.756 e. The SMILES string of the molecule is CCCCCCCCC(=O)OC[C@H](COP(=O)([O-])OCC[N+](C)(C)C)OO. The molecule has 0 spiro atoms. The van der Waals surface area contributed by atoms with Crippen molar-refractivity contribution in [2.75, 3.05) is 47.5 Å². The van der Waals surface area contributed by atoms with Crippen molar-refractivity contribution in [2.24, 2.45) is 0 Å². The molecule has 0 aliphatic carbocycles. The summed E-state index contributed by atoms with van der Waals surface area (Å²) in [5, 5.41) is 8.81. The smallest absolute Gasteiger partial charge is 0.305 e. The highest BCUT2D eigenvalue weighted by molar-refractivity contribution is 7.45. The molecule has 1 N–H and O–H groups in total. The summed E-state index contributed by atoms with van der Waals surface area (Å²) < 4.78 is 26.6. The fourth-order valence-corrected chi connectivity index (χ4v) is 2.78. The quantitative estimate of drug-likeness (QED) is 0.0965. The third-order valence-electron chi connectivity index (χ3n) is 3.74. The lowest BCUT2D eigenvalue weighted by Crippen LogP contribution is -2.37. The van der Waals surface area contributed by atoms with Gasteiger partial charge in [-0.2, -0.15) is 0 Å². The Morgan fingerprint density at radius 3 is 2.30 bits per heavy atom. The molecule has 9 nitrogen and oxygen atoms in total. The number of ether oxygens (including phenoxy) is 1. The van der Waals surface area contributed by atoms with Crippen LogP contribution in [-0.4, -0.2) is 69.3 Å². The Kier molecular flexibility index (Phi) is 14.2. The molecule has 0 fully saturated rings. The molecule has 0 saturated heterocycles. The molecule has 0 saturated carbocycles. The predicted octanol–water partition coefficient (Wildman–Crippen LogP) is 2.35. The zero-order valence-corrected chi connectivity index (χ0v) is 17.9. The van der Waals surface area contributed by atoms with E-state index >= 15 is 0 Å². The number of hydrogen-bond donors (Lipinski definition) is 1. The lowest BCUT2D eigenvalue weighted by atomic mass is 10.1. The molecule has 162 valence electrons. The molecule has 0 amide bonds. The van der Waals surface area contributed by atoms with E-state index in [1.54, 1.807) is 0 Å². The highest BCUT2D eigenvalue weighted by atomic mass is 31.2. The molecule has 0 heterocycles. The van der Waals surface area contributed by atoms with Crippen molar-refractivity contribution < 1.29 is 42.7 Å². The monoisotopic (exact) mass is 413 g/mol. The van der Waals surface area contributed by atoms with Crippen LogP contribution >= 0.6 is 7.82 Å². The van der Waals surface area contributed by atoms with Gasteiger partial charge in [-0.1, -0.05) is 39.0 Å². The van der Waals surface area contributed by atoms with Crippen LogP contribution in [0.4, 0.5) is 0 Å². The second-order valence-electron chi connectivity index (χ2n) is 7.52. The molecule has 0 aromatic carbocycles. The van der Waals surface area contributed by atoms with E-state index in [2.05, 4.69) is 16.3 Å². The lowest BCUT2D eigenvalue weighted by Gasteiger charge is -2.27. The molecule has 0 aliphatic rings. The van der Waals surface area contributed by atoms with Crippen molar-refractivity contribution >= 4 is 13.8 Å². The molecule has 10 heteroatoms. The number of nitrogens with zero attached hydrogens (tertiary/aromatic N) is 1. The second kappa shape index (κ2) is 14.5. The van der Waals surface area contributed by atoms with E-state index in [-0.39, 0.29) is 19.6 Å². The van der Waals surface area contributed by atoms with E-state index in [1.165, 1.54) is 12.8 Å². The van der Waals surface area contributed by atoms with Crippen LogP contribution in [0.2, 0.25) is 0 Å². The molecule has 0 aromatic rings. The molecule has 0 aliphatic heterocycles. The van der Waals surface area contributed by atoms with E-state index in [4.69, 9.17) is 14.5 Å². The standard InChI is InChI=1S/C17H36NO8P/c1-5-6-7-8-9-10-11-17(19)23-14-16(26-20)15-25-27(21,22)24-13-12-18(2,3)4/h16H,5-15H2,1-4H3,(H-,20,21,22)/t16-/m1/s1. The minimum Gasteiger partial charge on any atom is -0.756 e. The maximum Gasteiger partial charge on any atom is 0.305 e. The van der Waals surface area contributed by atoms with Crippen molar-refractivity contribution in [1.82, 2.24) is 0 Å². The summed E-state index contributed by atoms with van der Waals surface area (Å²) in [6.45, 7) is 1.79. The van der Waals surface area contributed by atoms with Crippen LogP contribution in [0.3, 0.4) is 0 Å². The summed E-state index contributed by atoms with van der Waals surface area (Å²) >= 11 is 0. The molecule has 0 rings (SSSR count). The minimum absolute atomic E-state index is 0.0256. The Hall–Kier alpha value is -0.540. The third kappa shape index (κ3) is 17.3. The number of carbonyl (C=O) groups excluding carboxylic acids is 1. The molecule has 27 heavy (non-hydrogen) atoms. The van der Waals surface area contributed by atoms with E-state index in [1.807, 2.05) is 21.1 Å². The minimum atomic E-state index is -4.52. The van der Waals surface area contributed by atoms with Crippen molar-refractivity contribution in [2.45, 2.75) is 58.0 Å². The number of quaternary nitrogens is 1. The molecule has 2 atom stereocenters. The Labute approximate surface area is 162 Å². The van der Waals surface area contributed by atoms with Gasteiger partial charge in [-0.15, -0.1) is 0 Å². The Balaban J connectivity index is 3.95. The van der Waals surface area contributed by atoms with Crippen LogP contribution in [0.25, 0.3) is 0 Å². The maximum atomic E-state index is 11.7. The Morgan fingerprint density at radius 1 is 1.07 bits per heavy atom. The molecule has 1 unspecified atom stereocenters. The van der Waals surface area contributed by atoms with E-state index < -0.39 is 26.5 Å². The van der Waals surface area contributed by atoms with Gasteiger partial charge in [-0.05, 0) is 6.42 Å². The van der Waals surface area contributed by atoms with Crippen LogP contribution < -0.4 is 4.89 Å². The first-order chi connectivity index (χ1) is 12.6. The lowest BCUT2D eigenvalue weighted by molar-refractivity contribution is -0.870. The molecular weight excluding hydrogens is 377 g/mol. The Morgan fingerprint density at radius 2 is 1.70 bits per heavy atom. The molecule has 0 radical (unpaired) electrons. The first-order valence-corrected chi connectivity index (χ1v) is 10.9. The summed E-state index contributed by atoms with van der Waals surface area (Å²) in [7, 11) is 1.18. The van der Waals surface area contributed by atoms with Gasteiger partial charge in [-0.3, -0.25) is 14.6 Å². The highest BCUT2D eigenvalue weighted by Gasteiger charge is 2.19. The average Bonchev–Trinajstić information content (AvgIpc) is 2.56. The molecule has 0 bridgehead atoms. The number of esters is 1. The first kappa shape index (κ1) is 26.5. The van der Waals surface area contributed by atoms with Crippen LogP contribution in [0.1, 0.15) is 51.9 Å². The zero-order chi connectivity index (χ0) is 20.8. The number of phosphoric ester groups is 1. The normalized spacial score (nSPS) is 15.3. The van der Waals surface area contributed by atoms with Crippen LogP contribution in [0, 0.1) is 0 Å². The molecule has 0 aromatic heterocycles. The predicted molar refractivity (Wildman–Crippen MR) is 98.9 cm³/mol. The molecular formula is C17H36NO8P. The number of hydrogen-bond acceptors (Lipinski definition) is 8. The van der Waals surface area contributed by atoms with E-state index in [0.29, 0.717) is 11.0 Å².